The van der Waals surface area contributed by atoms with Crippen LogP contribution in [-0.2, 0) is 11.3 Å². The van der Waals surface area contributed by atoms with Crippen LogP contribution in [0.5, 0.6) is 11.5 Å². The molecular weight excluding hydrogens is 488 g/mol. The second-order valence-corrected chi connectivity index (χ2v) is 9.83. The van der Waals surface area contributed by atoms with Crippen LogP contribution in [0.25, 0.3) is 10.9 Å². The van der Waals surface area contributed by atoms with E-state index in [-0.39, 0.29) is 24.4 Å². The summed E-state index contributed by atoms with van der Waals surface area (Å²) < 4.78 is 19.4. The number of nitrogens with zero attached hydrogens (tertiary/aromatic N) is 5. The van der Waals surface area contributed by atoms with Crippen LogP contribution in [0.15, 0.2) is 35.5 Å². The number of aliphatic hydroxyl groups excluding tert-OH is 1. The van der Waals surface area contributed by atoms with Crippen LogP contribution in [0.4, 0.5) is 5.82 Å². The number of ether oxygens (including phenoxy) is 3. The number of amides is 1. The molecule has 0 radical (unpaired) electrons. The van der Waals surface area contributed by atoms with Gasteiger partial charge in [0.2, 0.25) is 5.62 Å². The molecule has 3 aromatic rings. The maximum Gasteiger partial charge on any atom is 0.282 e. The summed E-state index contributed by atoms with van der Waals surface area (Å²) in [5.41, 5.74) is 1.83. The van der Waals surface area contributed by atoms with Gasteiger partial charge in [0.15, 0.2) is 11.5 Å². The van der Waals surface area contributed by atoms with Gasteiger partial charge in [0.05, 0.1) is 30.6 Å². The number of carbonyl (C=O) groups is 1. The Kier molecular flexibility index (Phi) is 7.59. The second-order valence-electron chi connectivity index (χ2n) is 9.83. The molecule has 1 amide bonds. The zero-order valence-corrected chi connectivity index (χ0v) is 22.2. The van der Waals surface area contributed by atoms with Crippen LogP contribution < -0.4 is 20.4 Å². The Morgan fingerprint density at radius 3 is 2.82 bits per heavy atom. The van der Waals surface area contributed by atoms with Crippen molar-refractivity contribution in [2.45, 2.75) is 45.6 Å². The van der Waals surface area contributed by atoms with Gasteiger partial charge in [0, 0.05) is 44.3 Å². The molecule has 11 heteroatoms. The molecule has 38 heavy (non-hydrogen) atoms. The van der Waals surface area contributed by atoms with Crippen LogP contribution in [0, 0.1) is 6.92 Å². The Morgan fingerprint density at radius 2 is 2.08 bits per heavy atom. The minimum absolute atomic E-state index is 0.0932. The van der Waals surface area contributed by atoms with E-state index in [1.807, 2.05) is 30.5 Å². The number of β-amino-alcohol motifs (C(OH)–C–C–N with tert-alkyl or cyclic N) is 1. The van der Waals surface area contributed by atoms with Gasteiger partial charge >= 0.3 is 0 Å². The average Bonchev–Trinajstić information content (AvgIpc) is 3.37. The molecule has 2 aliphatic rings. The molecule has 202 valence electrons. The first-order chi connectivity index (χ1) is 18.3. The number of benzene rings is 1. The van der Waals surface area contributed by atoms with E-state index >= 15 is 0 Å². The topological polar surface area (TPSA) is 123 Å². The van der Waals surface area contributed by atoms with Crippen molar-refractivity contribution in [1.82, 2.24) is 19.4 Å². The van der Waals surface area contributed by atoms with Gasteiger partial charge in [-0.05, 0) is 45.0 Å². The number of hydrogen-bond acceptors (Lipinski definition) is 9. The molecule has 0 spiro atoms. The highest BCUT2D eigenvalue weighted by Gasteiger charge is 2.25. The van der Waals surface area contributed by atoms with E-state index in [0.717, 1.165) is 24.3 Å². The number of morpholine rings is 1. The summed E-state index contributed by atoms with van der Waals surface area (Å²) in [6.45, 7) is 9.28. The molecule has 1 aromatic carbocycles. The first-order valence-electron chi connectivity index (χ1n) is 12.9. The summed E-state index contributed by atoms with van der Waals surface area (Å²) >= 11 is 0. The number of pyridine rings is 1. The zero-order chi connectivity index (χ0) is 26.8. The SMILES string of the molecule is COc1c(OCC(O)CN2CC(C)OC(C)C2)ccc2c3n(c(=NC(=O)c4cccnc4C)nc12)CCN3. The predicted molar refractivity (Wildman–Crippen MR) is 142 cm³/mol. The minimum atomic E-state index is -0.691. The largest absolute Gasteiger partial charge is 0.491 e. The lowest BCUT2D eigenvalue weighted by molar-refractivity contribution is -0.0787. The van der Waals surface area contributed by atoms with E-state index in [2.05, 4.69) is 20.2 Å². The van der Waals surface area contributed by atoms with Gasteiger partial charge < -0.3 is 24.6 Å². The van der Waals surface area contributed by atoms with Crippen LogP contribution in [0.2, 0.25) is 0 Å². The lowest BCUT2D eigenvalue weighted by Gasteiger charge is -2.36. The molecule has 4 heterocycles. The third-order valence-electron chi connectivity index (χ3n) is 6.74. The number of methoxy groups -OCH3 is 1. The number of anilines is 1. The smallest absolute Gasteiger partial charge is 0.282 e. The highest BCUT2D eigenvalue weighted by molar-refractivity contribution is 5.97. The second kappa shape index (κ2) is 11.1. The highest BCUT2D eigenvalue weighted by Crippen LogP contribution is 2.37. The number of carbonyl (C=O) groups excluding carboxylic acids is 1. The third-order valence-corrected chi connectivity index (χ3v) is 6.74. The van der Waals surface area contributed by atoms with Crippen molar-refractivity contribution in [3.8, 4) is 11.5 Å². The molecule has 3 unspecified atom stereocenters. The molecular formula is C27H34N6O5. The number of aromatic nitrogens is 3. The monoisotopic (exact) mass is 522 g/mol. The van der Waals surface area contributed by atoms with Crippen molar-refractivity contribution in [2.24, 2.45) is 4.99 Å². The van der Waals surface area contributed by atoms with Crippen molar-refractivity contribution in [3.63, 3.8) is 0 Å². The molecule has 2 aliphatic heterocycles. The fraction of sp³-hybridized carbons (Fsp3) is 0.481. The fourth-order valence-electron chi connectivity index (χ4n) is 5.18. The maximum absolute atomic E-state index is 13.0. The van der Waals surface area contributed by atoms with Crippen molar-refractivity contribution >= 4 is 22.6 Å². The van der Waals surface area contributed by atoms with E-state index in [0.29, 0.717) is 47.9 Å². The number of rotatable bonds is 7. The number of aryl methyl sites for hydroxylation is 1. The molecule has 0 bridgehead atoms. The van der Waals surface area contributed by atoms with Crippen molar-refractivity contribution in [3.05, 3.63) is 47.3 Å². The highest BCUT2D eigenvalue weighted by atomic mass is 16.5. The van der Waals surface area contributed by atoms with Gasteiger partial charge in [-0.25, -0.2) is 4.98 Å². The summed E-state index contributed by atoms with van der Waals surface area (Å²) in [5.74, 6) is 1.27. The van der Waals surface area contributed by atoms with Crippen LogP contribution in [0.1, 0.15) is 29.9 Å². The fourth-order valence-corrected chi connectivity index (χ4v) is 5.18. The quantitative estimate of drug-likeness (QED) is 0.478. The number of aliphatic hydroxyl groups is 1. The van der Waals surface area contributed by atoms with E-state index in [4.69, 9.17) is 19.2 Å². The molecule has 5 rings (SSSR count). The van der Waals surface area contributed by atoms with Gasteiger partial charge in [0.25, 0.3) is 5.91 Å². The van der Waals surface area contributed by atoms with Gasteiger partial charge in [0.1, 0.15) is 24.0 Å². The first-order valence-corrected chi connectivity index (χ1v) is 12.9. The van der Waals surface area contributed by atoms with Gasteiger partial charge in [-0.1, -0.05) is 0 Å². The van der Waals surface area contributed by atoms with Crippen LogP contribution in [-0.4, -0.2) is 88.7 Å². The summed E-state index contributed by atoms with van der Waals surface area (Å²) in [4.78, 5) is 28.5. The lowest BCUT2D eigenvalue weighted by atomic mass is 10.2. The van der Waals surface area contributed by atoms with E-state index in [1.54, 1.807) is 32.4 Å². The van der Waals surface area contributed by atoms with Crippen molar-refractivity contribution in [2.75, 3.05) is 45.2 Å². The molecule has 2 N–H and O–H groups in total. The predicted octanol–water partition coefficient (Wildman–Crippen LogP) is 1.76. The minimum Gasteiger partial charge on any atom is -0.491 e. The Bertz CT molecular complexity index is 1400. The Labute approximate surface area is 221 Å². The summed E-state index contributed by atoms with van der Waals surface area (Å²) in [6.07, 6.45) is 1.20. The number of nitrogens with one attached hydrogen (secondary N) is 1. The molecule has 1 saturated heterocycles. The molecule has 11 nitrogen and oxygen atoms in total. The average molecular weight is 523 g/mol. The summed E-state index contributed by atoms with van der Waals surface area (Å²) in [6, 6.07) is 7.13. The van der Waals surface area contributed by atoms with Crippen molar-refractivity contribution in [1.29, 1.82) is 0 Å². The van der Waals surface area contributed by atoms with Crippen molar-refractivity contribution < 1.29 is 24.1 Å². The maximum atomic E-state index is 13.0. The standard InChI is InChI=1S/C27H34N6O5/c1-16-12-32(13-17(2)38-16)14-19(34)15-37-22-8-7-21-23(24(22)36-4)30-27(33-11-10-29-25(21)33)31-26(35)20-6-5-9-28-18(20)3/h5-9,16-17,19,29,34H,10-15H2,1-4H3. The van der Waals surface area contributed by atoms with E-state index < -0.39 is 12.0 Å². The Balaban J connectivity index is 1.43. The van der Waals surface area contributed by atoms with Crippen LogP contribution in [0.3, 0.4) is 0 Å². The van der Waals surface area contributed by atoms with Crippen LogP contribution >= 0.6 is 0 Å². The van der Waals surface area contributed by atoms with E-state index in [9.17, 15) is 9.90 Å². The molecule has 3 atom stereocenters. The first kappa shape index (κ1) is 26.1. The van der Waals surface area contributed by atoms with Gasteiger partial charge in [-0.3, -0.25) is 19.2 Å². The summed E-state index contributed by atoms with van der Waals surface area (Å²) in [5, 5.41) is 14.9. The number of hydrogen-bond donors (Lipinski definition) is 2. The normalized spacial score (nSPS) is 20.7. The summed E-state index contributed by atoms with van der Waals surface area (Å²) in [7, 11) is 1.55. The zero-order valence-electron chi connectivity index (χ0n) is 22.2. The van der Waals surface area contributed by atoms with E-state index in [1.165, 1.54) is 0 Å². The Morgan fingerprint density at radius 1 is 1.29 bits per heavy atom. The Hall–Kier alpha value is -3.54. The molecule has 1 fully saturated rings. The lowest BCUT2D eigenvalue weighted by Crippen LogP contribution is -2.48. The number of fused-ring (bicyclic) bond motifs is 3. The molecule has 0 saturated carbocycles. The van der Waals surface area contributed by atoms with Gasteiger partial charge in [-0.15, -0.1) is 0 Å². The molecule has 2 aromatic heterocycles. The molecule has 0 aliphatic carbocycles. The third kappa shape index (κ3) is 5.35. The van der Waals surface area contributed by atoms with Gasteiger partial charge in [-0.2, -0.15) is 4.99 Å².